The molecule has 13 nitrogen and oxygen atoms in total. The fraction of sp³-hybridized carbons (Fsp3) is 0.294. The molecule has 0 aliphatic heterocycles. The van der Waals surface area contributed by atoms with Gasteiger partial charge in [-0.1, -0.05) is 83.5 Å². The number of aromatic hydroxyl groups is 1. The van der Waals surface area contributed by atoms with Crippen LogP contribution in [0.15, 0.2) is 66.7 Å². The van der Waals surface area contributed by atoms with Crippen LogP contribution in [0.25, 0.3) is 0 Å². The van der Waals surface area contributed by atoms with E-state index in [0.717, 1.165) is 12.1 Å². The van der Waals surface area contributed by atoms with Gasteiger partial charge >= 0.3 is 20.0 Å². The highest BCUT2D eigenvalue weighted by molar-refractivity contribution is 7.41. The van der Waals surface area contributed by atoms with Crippen molar-refractivity contribution in [2.24, 2.45) is 0 Å². The van der Waals surface area contributed by atoms with E-state index in [0.29, 0.717) is 53.8 Å². The van der Waals surface area contributed by atoms with Crippen molar-refractivity contribution in [3.05, 3.63) is 123 Å². The number of phenols is 1. The number of benzene rings is 4. The van der Waals surface area contributed by atoms with E-state index in [1.807, 2.05) is 0 Å². The minimum atomic E-state index is -1.74. The Morgan fingerprint density at radius 1 is 0.630 bits per heavy atom. The molecule has 4 aromatic carbocycles. The van der Waals surface area contributed by atoms with Crippen molar-refractivity contribution < 1.29 is 42.7 Å². The maximum atomic E-state index is 10.9. The zero-order chi connectivity index (χ0) is 39.8. The van der Waals surface area contributed by atoms with Crippen molar-refractivity contribution in [3.63, 3.8) is 0 Å². The fourth-order valence-corrected chi connectivity index (χ4v) is 6.58. The number of rotatable bonds is 19. The lowest BCUT2D eigenvalue weighted by Gasteiger charge is -2.18. The maximum absolute atomic E-state index is 10.9. The molecule has 0 spiro atoms. The van der Waals surface area contributed by atoms with Gasteiger partial charge in [0.15, 0.2) is 0 Å². The molecule has 0 saturated heterocycles. The van der Waals surface area contributed by atoms with Crippen molar-refractivity contribution in [2.45, 2.75) is 26.2 Å². The average Bonchev–Trinajstić information content (AvgIpc) is 3.11. The molecular formula is C34H33Cl6N2O11P. The summed E-state index contributed by atoms with van der Waals surface area (Å²) in [4.78, 5) is 20.0. The van der Waals surface area contributed by atoms with E-state index in [1.165, 1.54) is 0 Å². The Hall–Kier alpha value is -3.07. The Balaban J connectivity index is 0.000000386. The number of nitro groups is 2. The third kappa shape index (κ3) is 14.5. The second-order valence-corrected chi connectivity index (χ2v) is 14.4. The Labute approximate surface area is 342 Å². The Morgan fingerprint density at radius 3 is 1.33 bits per heavy atom. The van der Waals surface area contributed by atoms with Crippen LogP contribution in [0.5, 0.6) is 23.0 Å². The lowest BCUT2D eigenvalue weighted by Crippen LogP contribution is -2.11. The molecule has 0 fully saturated rings. The summed E-state index contributed by atoms with van der Waals surface area (Å²) in [7, 11) is -1.74. The molecule has 1 unspecified atom stereocenters. The molecular weight excluding hydrogens is 856 g/mol. The molecule has 4 aromatic rings. The van der Waals surface area contributed by atoms with Gasteiger partial charge < -0.3 is 32.9 Å². The number of nitrogens with zero attached hydrogens (tertiary/aromatic N) is 2. The van der Waals surface area contributed by atoms with Gasteiger partial charge in [0.1, 0.15) is 42.8 Å². The predicted molar refractivity (Wildman–Crippen MR) is 211 cm³/mol. The second kappa shape index (κ2) is 23.1. The third-order valence-corrected chi connectivity index (χ3v) is 9.72. The predicted octanol–water partition coefficient (Wildman–Crippen LogP) is 12.1. The minimum absolute atomic E-state index is 0.0201. The van der Waals surface area contributed by atoms with Crippen molar-refractivity contribution in [2.75, 3.05) is 39.6 Å². The number of nitro benzene ring substituents is 2. The molecule has 0 aromatic heterocycles. The van der Waals surface area contributed by atoms with Gasteiger partial charge in [-0.2, -0.15) is 0 Å². The van der Waals surface area contributed by atoms with Crippen LogP contribution >= 0.6 is 78.2 Å². The van der Waals surface area contributed by atoms with Gasteiger partial charge in [0.2, 0.25) is 0 Å². The van der Waals surface area contributed by atoms with Crippen LogP contribution in [-0.2, 0) is 13.6 Å². The monoisotopic (exact) mass is 886 g/mol. The summed E-state index contributed by atoms with van der Waals surface area (Å²) in [6.45, 7) is 4.62. The Morgan fingerprint density at radius 2 is 1.02 bits per heavy atom. The molecule has 0 radical (unpaired) electrons. The van der Waals surface area contributed by atoms with Crippen LogP contribution < -0.4 is 14.2 Å². The normalized spacial score (nSPS) is 11.4. The van der Waals surface area contributed by atoms with Gasteiger partial charge in [-0.3, -0.25) is 20.2 Å². The molecule has 4 rings (SSSR count). The third-order valence-electron chi connectivity index (χ3n) is 6.95. The van der Waals surface area contributed by atoms with Gasteiger partial charge in [0.25, 0.3) is 0 Å². The Bertz CT molecular complexity index is 1740. The highest BCUT2D eigenvalue weighted by Gasteiger charge is 2.32. The van der Waals surface area contributed by atoms with Gasteiger partial charge in [-0.25, -0.2) is 0 Å². The minimum Gasteiger partial charge on any atom is -0.507 e. The maximum Gasteiger partial charge on any atom is 0.353 e. The number of phenolic OH excluding ortho intramolecular Hbond substituents is 1. The van der Waals surface area contributed by atoms with Gasteiger partial charge in [-0.15, -0.1) is 0 Å². The molecule has 1 N–H and O–H groups in total. The van der Waals surface area contributed by atoms with E-state index >= 15 is 0 Å². The lowest BCUT2D eigenvalue weighted by atomic mass is 9.95. The summed E-state index contributed by atoms with van der Waals surface area (Å²) in [5.41, 5.74) is -1.20. The zero-order valence-electron chi connectivity index (χ0n) is 28.5. The smallest absolute Gasteiger partial charge is 0.353 e. The van der Waals surface area contributed by atoms with Crippen LogP contribution in [0.4, 0.5) is 11.4 Å². The number of halogens is 6. The van der Waals surface area contributed by atoms with Crippen molar-refractivity contribution in [3.8, 4) is 23.0 Å². The summed E-state index contributed by atoms with van der Waals surface area (Å²) in [5, 5.41) is 34.0. The van der Waals surface area contributed by atoms with Gasteiger partial charge in [0, 0.05) is 21.1 Å². The quantitative estimate of drug-likeness (QED) is 0.0413. The van der Waals surface area contributed by atoms with Crippen molar-refractivity contribution >= 4 is 89.6 Å². The Kier molecular flexibility index (Phi) is 19.4. The summed E-state index contributed by atoms with van der Waals surface area (Å²) in [5.74, 6) is 0.860. The molecule has 0 saturated carbocycles. The number of hydrogen-bond acceptors (Lipinski definition) is 11. The number of hydrogen-bond donors (Lipinski definition) is 1. The van der Waals surface area contributed by atoms with E-state index in [4.69, 9.17) is 97.4 Å². The summed E-state index contributed by atoms with van der Waals surface area (Å²) in [6.07, 6.45) is 0.537. The van der Waals surface area contributed by atoms with E-state index < -0.39 is 29.8 Å². The highest BCUT2D eigenvalue weighted by Crippen LogP contribution is 2.42. The first-order valence-electron chi connectivity index (χ1n) is 15.8. The van der Waals surface area contributed by atoms with E-state index in [-0.39, 0.29) is 56.9 Å². The first-order valence-corrected chi connectivity index (χ1v) is 19.1. The van der Waals surface area contributed by atoms with Crippen LogP contribution in [0, 0.1) is 20.2 Å². The molecule has 0 heterocycles. The van der Waals surface area contributed by atoms with Crippen LogP contribution in [-0.4, -0.2) is 54.6 Å². The highest BCUT2D eigenvalue weighted by atomic mass is 35.5. The molecule has 0 bridgehead atoms. The zero-order valence-corrected chi connectivity index (χ0v) is 33.9. The fourth-order valence-electron chi connectivity index (χ4n) is 4.29. The summed E-state index contributed by atoms with van der Waals surface area (Å²) < 4.78 is 34.1. The van der Waals surface area contributed by atoms with E-state index in [1.54, 1.807) is 68.4 Å². The first kappa shape index (κ1) is 45.3. The van der Waals surface area contributed by atoms with Crippen LogP contribution in [0.2, 0.25) is 30.1 Å². The van der Waals surface area contributed by atoms with Crippen molar-refractivity contribution in [1.82, 2.24) is 0 Å². The molecule has 292 valence electrons. The topological polar surface area (TPSA) is 162 Å². The van der Waals surface area contributed by atoms with Crippen LogP contribution in [0.1, 0.15) is 31.7 Å². The van der Waals surface area contributed by atoms with Gasteiger partial charge in [0.05, 0.1) is 50.3 Å². The molecule has 54 heavy (non-hydrogen) atoms. The van der Waals surface area contributed by atoms with E-state index in [2.05, 4.69) is 0 Å². The molecule has 0 amide bonds. The van der Waals surface area contributed by atoms with E-state index in [9.17, 15) is 25.3 Å². The summed E-state index contributed by atoms with van der Waals surface area (Å²) in [6, 6.07) is 16.9. The average molecular weight is 889 g/mol. The summed E-state index contributed by atoms with van der Waals surface area (Å²) >= 11 is 36.1. The first-order chi connectivity index (χ1) is 25.7. The van der Waals surface area contributed by atoms with Crippen molar-refractivity contribution in [1.29, 1.82) is 0 Å². The molecule has 0 aliphatic rings. The lowest BCUT2D eigenvalue weighted by molar-refractivity contribution is -0.423. The molecule has 0 aliphatic carbocycles. The largest absolute Gasteiger partial charge is 0.507 e. The SMILES string of the molecule is CCC(C)c1c(O)ccc([N+](=O)[O-])c1[N+](=O)[O-].Clc1ccc(OCCOP(OCCOc2ccc(Cl)cc2Cl)OCCOc2ccc(Cl)cc2Cl)c(Cl)c1. The van der Waals surface area contributed by atoms with Crippen LogP contribution in [0.3, 0.4) is 0 Å². The van der Waals surface area contributed by atoms with Gasteiger partial charge in [-0.05, 0) is 73.0 Å². The standard InChI is InChI=1S/C24H21Cl6O6P.C10H12N2O5/c25-16-1-4-22(19(28)13-16)31-7-10-34-37(35-11-8-32-23-5-2-17(26)14-20(23)29)36-12-9-33-24-6-3-18(27)15-21(24)30;1-3-6(2)9-8(13)5-4-7(11(14)15)10(9)12(16)17/h1-6,13-15H,7-12H2;4-6,13H,3H2,1-2H3. The molecule has 20 heteroatoms. The number of ether oxygens (including phenoxy) is 3. The second-order valence-electron chi connectivity index (χ2n) is 10.7. The molecule has 1 atom stereocenters.